The topological polar surface area (TPSA) is 66.0 Å². The number of amides is 2. The Morgan fingerprint density at radius 3 is 2.36 bits per heavy atom. The quantitative estimate of drug-likeness (QED) is 0.606. The van der Waals surface area contributed by atoms with Gasteiger partial charge in [-0.15, -0.1) is 0 Å². The average molecular weight is 449 g/mol. The van der Waals surface area contributed by atoms with E-state index in [1.807, 2.05) is 68.3 Å². The summed E-state index contributed by atoms with van der Waals surface area (Å²) in [4.78, 5) is 37.1. The highest BCUT2D eigenvalue weighted by Crippen LogP contribution is 2.35. The van der Waals surface area contributed by atoms with Crippen molar-refractivity contribution in [2.45, 2.75) is 45.4 Å². The first-order valence-corrected chi connectivity index (χ1v) is 11.5. The molecule has 2 aliphatic heterocycles. The Labute approximate surface area is 195 Å². The van der Waals surface area contributed by atoms with E-state index in [0.717, 1.165) is 37.2 Å². The highest BCUT2D eigenvalue weighted by Gasteiger charge is 2.42. The summed E-state index contributed by atoms with van der Waals surface area (Å²) < 4.78 is 5.76. The number of rotatable bonds is 7. The summed E-state index contributed by atoms with van der Waals surface area (Å²) in [6, 6.07) is 13.2. The summed E-state index contributed by atoms with van der Waals surface area (Å²) in [7, 11) is 4.05. The maximum absolute atomic E-state index is 13.6. The molecule has 3 heterocycles. The van der Waals surface area contributed by atoms with E-state index >= 15 is 0 Å². The van der Waals surface area contributed by atoms with Gasteiger partial charge in [-0.3, -0.25) is 19.5 Å². The molecule has 2 aliphatic rings. The normalized spacial score (nSPS) is 17.9. The third-order valence-electron chi connectivity index (χ3n) is 6.29. The summed E-state index contributed by atoms with van der Waals surface area (Å²) in [5.41, 5.74) is 2.33. The van der Waals surface area contributed by atoms with Crippen molar-refractivity contribution in [3.8, 4) is 5.75 Å². The molecule has 0 atom stereocenters. The molecule has 4 rings (SSSR count). The number of aromatic nitrogens is 1. The number of piperidine rings is 1. The molecule has 0 aliphatic carbocycles. The molecule has 174 valence electrons. The lowest BCUT2D eigenvalue weighted by Gasteiger charge is -2.36. The number of benzene rings is 1. The third kappa shape index (κ3) is 4.93. The molecule has 1 fully saturated rings. The molecule has 0 saturated carbocycles. The van der Waals surface area contributed by atoms with Crippen molar-refractivity contribution >= 4 is 17.4 Å². The van der Waals surface area contributed by atoms with Gasteiger partial charge in [-0.05, 0) is 76.7 Å². The molecule has 0 spiro atoms. The van der Waals surface area contributed by atoms with Crippen LogP contribution < -0.4 is 4.74 Å². The number of nitrogens with zero attached hydrogens (tertiary/aromatic N) is 4. The fourth-order valence-corrected chi connectivity index (χ4v) is 4.49. The molecular formula is C26H32N4O3. The molecule has 0 radical (unpaired) electrons. The molecule has 1 saturated heterocycles. The van der Waals surface area contributed by atoms with Gasteiger partial charge in [0.25, 0.3) is 11.8 Å². The van der Waals surface area contributed by atoms with E-state index < -0.39 is 0 Å². The van der Waals surface area contributed by atoms with Gasteiger partial charge in [-0.25, -0.2) is 0 Å². The van der Waals surface area contributed by atoms with Gasteiger partial charge < -0.3 is 14.5 Å². The van der Waals surface area contributed by atoms with Gasteiger partial charge in [0.2, 0.25) is 0 Å². The van der Waals surface area contributed by atoms with Crippen LogP contribution in [0.5, 0.6) is 5.75 Å². The molecule has 1 aromatic carbocycles. The Morgan fingerprint density at radius 2 is 1.76 bits per heavy atom. The van der Waals surface area contributed by atoms with Crippen LogP contribution in [-0.4, -0.2) is 70.8 Å². The molecular weight excluding hydrogens is 416 g/mol. The Hall–Kier alpha value is -3.19. The zero-order valence-electron chi connectivity index (χ0n) is 19.8. The molecule has 7 nitrogen and oxygen atoms in total. The van der Waals surface area contributed by atoms with Gasteiger partial charge in [0.1, 0.15) is 11.4 Å². The maximum Gasteiger partial charge on any atom is 0.278 e. The molecule has 2 aromatic rings. The van der Waals surface area contributed by atoms with Crippen molar-refractivity contribution < 1.29 is 14.3 Å². The van der Waals surface area contributed by atoms with E-state index in [1.165, 1.54) is 4.90 Å². The Kier molecular flexibility index (Phi) is 6.79. The summed E-state index contributed by atoms with van der Waals surface area (Å²) in [6.45, 7) is 6.04. The van der Waals surface area contributed by atoms with E-state index in [0.29, 0.717) is 17.0 Å². The number of likely N-dealkylation sites (N-methyl/N-ethyl adjacent to an activating group) is 1. The largest absolute Gasteiger partial charge is 0.491 e. The molecule has 33 heavy (non-hydrogen) atoms. The second-order valence-electron chi connectivity index (χ2n) is 9.08. The number of hydrogen-bond acceptors (Lipinski definition) is 6. The number of carbonyl (C=O) groups excluding carboxylic acids is 2. The Balaban J connectivity index is 1.69. The molecule has 1 aromatic heterocycles. The lowest BCUT2D eigenvalue weighted by atomic mass is 10.00. The van der Waals surface area contributed by atoms with Crippen molar-refractivity contribution in [2.24, 2.45) is 0 Å². The molecule has 2 amide bonds. The van der Waals surface area contributed by atoms with Crippen LogP contribution in [0, 0.1) is 0 Å². The van der Waals surface area contributed by atoms with Crippen molar-refractivity contribution in [3.63, 3.8) is 0 Å². The van der Waals surface area contributed by atoms with Gasteiger partial charge in [-0.1, -0.05) is 18.2 Å². The molecule has 0 bridgehead atoms. The van der Waals surface area contributed by atoms with Crippen LogP contribution in [0.15, 0.2) is 54.4 Å². The lowest BCUT2D eigenvalue weighted by Crippen LogP contribution is -2.43. The van der Waals surface area contributed by atoms with Crippen molar-refractivity contribution in [3.05, 3.63) is 65.6 Å². The van der Waals surface area contributed by atoms with Gasteiger partial charge in [0, 0.05) is 19.3 Å². The number of pyridine rings is 1. The highest BCUT2D eigenvalue weighted by atomic mass is 16.5. The van der Waals surface area contributed by atoms with E-state index in [2.05, 4.69) is 16.9 Å². The first kappa shape index (κ1) is 23.0. The highest BCUT2D eigenvalue weighted by molar-refractivity contribution is 6.35. The summed E-state index contributed by atoms with van der Waals surface area (Å²) >= 11 is 0. The summed E-state index contributed by atoms with van der Waals surface area (Å²) in [5.74, 6) is 0.198. The third-order valence-corrected chi connectivity index (χ3v) is 6.29. The van der Waals surface area contributed by atoms with Crippen LogP contribution in [0.3, 0.4) is 0 Å². The van der Waals surface area contributed by atoms with Crippen LogP contribution in [0.1, 0.15) is 37.9 Å². The van der Waals surface area contributed by atoms with Crippen molar-refractivity contribution in [2.75, 3.05) is 27.2 Å². The van der Waals surface area contributed by atoms with Crippen LogP contribution >= 0.6 is 0 Å². The van der Waals surface area contributed by atoms with Gasteiger partial charge >= 0.3 is 0 Å². The first-order chi connectivity index (χ1) is 15.8. The van der Waals surface area contributed by atoms with Crippen molar-refractivity contribution in [1.29, 1.82) is 0 Å². The fourth-order valence-electron chi connectivity index (χ4n) is 4.49. The van der Waals surface area contributed by atoms with Crippen LogP contribution in [0.25, 0.3) is 5.57 Å². The van der Waals surface area contributed by atoms with Crippen LogP contribution in [0.2, 0.25) is 0 Å². The number of hydrogen-bond donors (Lipinski definition) is 0. The maximum atomic E-state index is 13.6. The number of carbonyl (C=O) groups is 2. The van der Waals surface area contributed by atoms with Crippen LogP contribution in [-0.2, 0) is 16.1 Å². The molecule has 0 unspecified atom stereocenters. The Bertz CT molecular complexity index is 1030. The standard InChI is InChI=1S/C26H32N4O3/c1-18(2)33-22-10-8-19(9-11-22)23-24(29(4)21-12-15-28(3)16-13-21)26(32)30(25(23)31)17-20-7-5-6-14-27-20/h5-11,14,18,21H,12-13,15-17H2,1-4H3. The number of imide groups is 1. The summed E-state index contributed by atoms with van der Waals surface area (Å²) in [6.07, 6.45) is 3.64. The van der Waals surface area contributed by atoms with Crippen molar-refractivity contribution in [1.82, 2.24) is 19.7 Å². The minimum atomic E-state index is -0.280. The predicted molar refractivity (Wildman–Crippen MR) is 127 cm³/mol. The van der Waals surface area contributed by atoms with Gasteiger partial charge in [-0.2, -0.15) is 0 Å². The van der Waals surface area contributed by atoms with E-state index in [-0.39, 0.29) is 30.5 Å². The minimum Gasteiger partial charge on any atom is -0.491 e. The molecule has 0 N–H and O–H groups in total. The van der Waals surface area contributed by atoms with Gasteiger partial charge in [0.05, 0.1) is 23.9 Å². The SMILES string of the molecule is CC(C)Oc1ccc(C2=C(N(C)C3CCN(C)CC3)C(=O)N(Cc3ccccn3)C2=O)cc1. The average Bonchev–Trinajstić information content (AvgIpc) is 3.05. The summed E-state index contributed by atoms with van der Waals surface area (Å²) in [5, 5.41) is 0. The lowest BCUT2D eigenvalue weighted by molar-refractivity contribution is -0.138. The molecule has 7 heteroatoms. The zero-order chi connectivity index (χ0) is 23.5. The predicted octanol–water partition coefficient (Wildman–Crippen LogP) is 3.17. The zero-order valence-corrected chi connectivity index (χ0v) is 19.8. The van der Waals surface area contributed by atoms with Gasteiger partial charge in [0.15, 0.2) is 0 Å². The number of likely N-dealkylation sites (tertiary alicyclic amines) is 1. The number of ether oxygens (including phenoxy) is 1. The monoisotopic (exact) mass is 448 g/mol. The second-order valence-corrected chi connectivity index (χ2v) is 9.08. The van der Waals surface area contributed by atoms with Crippen LogP contribution in [0.4, 0.5) is 0 Å². The minimum absolute atomic E-state index is 0.0600. The first-order valence-electron chi connectivity index (χ1n) is 11.5. The smallest absolute Gasteiger partial charge is 0.278 e. The fraction of sp³-hybridized carbons (Fsp3) is 0.423. The Morgan fingerprint density at radius 1 is 1.06 bits per heavy atom. The van der Waals surface area contributed by atoms with E-state index in [4.69, 9.17) is 4.74 Å². The van der Waals surface area contributed by atoms with E-state index in [9.17, 15) is 9.59 Å². The second kappa shape index (κ2) is 9.75. The van der Waals surface area contributed by atoms with E-state index in [1.54, 1.807) is 6.20 Å².